The van der Waals surface area contributed by atoms with Gasteiger partial charge in [0.25, 0.3) is 0 Å². The normalized spacial score (nSPS) is 16.9. The molecule has 1 aliphatic rings. The van der Waals surface area contributed by atoms with E-state index in [1.54, 1.807) is 0 Å². The molecule has 17 heavy (non-hydrogen) atoms. The Kier molecular flexibility index (Phi) is 3.97. The van der Waals surface area contributed by atoms with Gasteiger partial charge >= 0.3 is 0 Å². The Hall–Kier alpha value is -1.13. The Bertz CT molecular complexity index is 380. The van der Waals surface area contributed by atoms with Crippen molar-refractivity contribution in [2.45, 2.75) is 6.92 Å². The maximum Gasteiger partial charge on any atom is 0.173 e. The molecule has 1 aliphatic heterocycles. The van der Waals surface area contributed by atoms with Gasteiger partial charge in [0.05, 0.1) is 0 Å². The van der Waals surface area contributed by atoms with E-state index in [2.05, 4.69) is 53.4 Å². The molecule has 1 aromatic rings. The molecule has 0 aromatic heterocycles. The molecule has 0 saturated carbocycles. The molecular weight excluding hydrogens is 230 g/mol. The summed E-state index contributed by atoms with van der Waals surface area (Å²) >= 11 is 5.42. The van der Waals surface area contributed by atoms with Gasteiger partial charge in [0.1, 0.15) is 0 Å². The lowest BCUT2D eigenvalue weighted by atomic mass is 10.2. The number of hydrogen-bond donors (Lipinski definition) is 1. The predicted octanol–water partition coefficient (Wildman–Crippen LogP) is 1.94. The van der Waals surface area contributed by atoms with Gasteiger partial charge in [0, 0.05) is 31.9 Å². The van der Waals surface area contributed by atoms with Crippen molar-refractivity contribution < 1.29 is 0 Å². The van der Waals surface area contributed by atoms with E-state index >= 15 is 0 Å². The minimum atomic E-state index is 0.835. The molecule has 0 bridgehead atoms. The second-order valence-corrected chi connectivity index (χ2v) is 4.97. The zero-order valence-electron chi connectivity index (χ0n) is 10.4. The largest absolute Gasteiger partial charge is 0.346 e. The second-order valence-electron chi connectivity index (χ2n) is 4.59. The first kappa shape index (κ1) is 12.3. The Balaban J connectivity index is 1.90. The van der Waals surface area contributed by atoms with Crippen LogP contribution in [0.25, 0.3) is 0 Å². The summed E-state index contributed by atoms with van der Waals surface area (Å²) in [5.74, 6) is 0. The number of nitrogens with zero attached hydrogens (tertiary/aromatic N) is 2. The molecule has 1 saturated heterocycles. The molecule has 0 amide bonds. The number of anilines is 1. The molecule has 0 spiro atoms. The van der Waals surface area contributed by atoms with Gasteiger partial charge in [-0.15, -0.1) is 0 Å². The monoisotopic (exact) mass is 249 g/mol. The summed E-state index contributed by atoms with van der Waals surface area (Å²) in [6.45, 7) is 6.26. The van der Waals surface area contributed by atoms with E-state index in [-0.39, 0.29) is 0 Å². The highest BCUT2D eigenvalue weighted by atomic mass is 32.1. The highest BCUT2D eigenvalue weighted by Crippen LogP contribution is 2.10. The molecule has 1 N–H and O–H groups in total. The second kappa shape index (κ2) is 5.47. The summed E-state index contributed by atoms with van der Waals surface area (Å²) in [6, 6.07) is 8.32. The zero-order chi connectivity index (χ0) is 12.3. The summed E-state index contributed by atoms with van der Waals surface area (Å²) in [4.78, 5) is 4.56. The first-order chi connectivity index (χ1) is 8.15. The summed E-state index contributed by atoms with van der Waals surface area (Å²) in [7, 11) is 2.15. The van der Waals surface area contributed by atoms with E-state index in [0.29, 0.717) is 0 Å². The highest BCUT2D eigenvalue weighted by Gasteiger charge is 2.15. The van der Waals surface area contributed by atoms with Crippen LogP contribution >= 0.6 is 12.2 Å². The van der Waals surface area contributed by atoms with Gasteiger partial charge in [-0.25, -0.2) is 0 Å². The molecule has 2 rings (SSSR count). The van der Waals surface area contributed by atoms with Crippen molar-refractivity contribution in [3.63, 3.8) is 0 Å². The first-order valence-electron chi connectivity index (χ1n) is 5.96. The van der Waals surface area contributed by atoms with Gasteiger partial charge < -0.3 is 15.1 Å². The molecule has 0 unspecified atom stereocenters. The molecule has 0 atom stereocenters. The summed E-state index contributed by atoms with van der Waals surface area (Å²) in [5, 5.41) is 4.13. The third-order valence-electron chi connectivity index (χ3n) is 3.09. The van der Waals surface area contributed by atoms with E-state index in [1.165, 1.54) is 5.56 Å². The van der Waals surface area contributed by atoms with Crippen LogP contribution in [-0.2, 0) is 0 Å². The van der Waals surface area contributed by atoms with Gasteiger partial charge in [-0.1, -0.05) is 17.7 Å². The van der Waals surface area contributed by atoms with Crippen molar-refractivity contribution in [2.75, 3.05) is 38.5 Å². The number of piperazine rings is 1. The smallest absolute Gasteiger partial charge is 0.173 e. The average molecular weight is 249 g/mol. The van der Waals surface area contributed by atoms with Gasteiger partial charge in [0.2, 0.25) is 0 Å². The third-order valence-corrected chi connectivity index (χ3v) is 3.45. The van der Waals surface area contributed by atoms with Crippen LogP contribution in [0.4, 0.5) is 5.69 Å². The fraction of sp³-hybridized carbons (Fsp3) is 0.462. The SMILES string of the molecule is Cc1ccc(NC(=S)N2CCN(C)CC2)cc1. The van der Waals surface area contributed by atoms with Crippen LogP contribution in [0.5, 0.6) is 0 Å². The minimum Gasteiger partial charge on any atom is -0.346 e. The van der Waals surface area contributed by atoms with Crippen LogP contribution in [0, 0.1) is 6.92 Å². The number of benzene rings is 1. The minimum absolute atomic E-state index is 0.835. The van der Waals surface area contributed by atoms with Crippen molar-refractivity contribution in [3.05, 3.63) is 29.8 Å². The molecule has 4 heteroatoms. The average Bonchev–Trinajstić information content (AvgIpc) is 2.33. The molecule has 1 fully saturated rings. The molecule has 0 radical (unpaired) electrons. The van der Waals surface area contributed by atoms with Crippen LogP contribution < -0.4 is 5.32 Å². The van der Waals surface area contributed by atoms with E-state index in [1.807, 2.05) is 0 Å². The number of hydrogen-bond acceptors (Lipinski definition) is 2. The standard InChI is InChI=1S/C13H19N3S/c1-11-3-5-12(6-4-11)14-13(17)16-9-7-15(2)8-10-16/h3-6H,7-10H2,1-2H3,(H,14,17). The molecular formula is C13H19N3S. The first-order valence-corrected chi connectivity index (χ1v) is 6.37. The number of aryl methyl sites for hydroxylation is 1. The number of likely N-dealkylation sites (N-methyl/N-ethyl adjacent to an activating group) is 1. The van der Waals surface area contributed by atoms with Crippen molar-refractivity contribution in [1.82, 2.24) is 9.80 Å². The number of nitrogens with one attached hydrogen (secondary N) is 1. The van der Waals surface area contributed by atoms with Gasteiger partial charge in [0.15, 0.2) is 5.11 Å². The third kappa shape index (κ3) is 3.41. The van der Waals surface area contributed by atoms with E-state index in [4.69, 9.17) is 12.2 Å². The maximum absolute atomic E-state index is 5.42. The zero-order valence-corrected chi connectivity index (χ0v) is 11.3. The van der Waals surface area contributed by atoms with E-state index in [9.17, 15) is 0 Å². The Morgan fingerprint density at radius 3 is 2.29 bits per heavy atom. The molecule has 0 aliphatic carbocycles. The van der Waals surface area contributed by atoms with Crippen LogP contribution in [0.15, 0.2) is 24.3 Å². The summed E-state index contributed by atoms with van der Waals surface area (Å²) < 4.78 is 0. The van der Waals surface area contributed by atoms with Gasteiger partial charge in [-0.3, -0.25) is 0 Å². The van der Waals surface area contributed by atoms with E-state index in [0.717, 1.165) is 37.0 Å². The van der Waals surface area contributed by atoms with Crippen LogP contribution in [-0.4, -0.2) is 48.1 Å². The number of rotatable bonds is 1. The molecule has 1 aromatic carbocycles. The maximum atomic E-state index is 5.42. The van der Waals surface area contributed by atoms with Gasteiger partial charge in [-0.2, -0.15) is 0 Å². The van der Waals surface area contributed by atoms with Crippen molar-refractivity contribution in [3.8, 4) is 0 Å². The molecule has 3 nitrogen and oxygen atoms in total. The highest BCUT2D eigenvalue weighted by molar-refractivity contribution is 7.80. The topological polar surface area (TPSA) is 18.5 Å². The predicted molar refractivity (Wildman–Crippen MR) is 76.5 cm³/mol. The number of thiocarbonyl (C=S) groups is 1. The summed E-state index contributed by atoms with van der Waals surface area (Å²) in [6.07, 6.45) is 0. The lowest BCUT2D eigenvalue weighted by molar-refractivity contribution is 0.217. The van der Waals surface area contributed by atoms with Crippen molar-refractivity contribution >= 4 is 23.0 Å². The fourth-order valence-corrected chi connectivity index (χ4v) is 2.15. The Morgan fingerprint density at radius 1 is 1.12 bits per heavy atom. The van der Waals surface area contributed by atoms with Crippen LogP contribution in [0.1, 0.15) is 5.56 Å². The fourth-order valence-electron chi connectivity index (χ4n) is 1.85. The Labute approximate surface area is 108 Å². The lowest BCUT2D eigenvalue weighted by Gasteiger charge is -2.34. The lowest BCUT2D eigenvalue weighted by Crippen LogP contribution is -2.48. The van der Waals surface area contributed by atoms with Gasteiger partial charge in [-0.05, 0) is 38.3 Å². The summed E-state index contributed by atoms with van der Waals surface area (Å²) in [5.41, 5.74) is 2.33. The molecule has 92 valence electrons. The Morgan fingerprint density at radius 2 is 1.71 bits per heavy atom. The quantitative estimate of drug-likeness (QED) is 0.766. The van der Waals surface area contributed by atoms with Crippen molar-refractivity contribution in [2.24, 2.45) is 0 Å². The van der Waals surface area contributed by atoms with Crippen LogP contribution in [0.2, 0.25) is 0 Å². The molecule has 1 heterocycles. The van der Waals surface area contributed by atoms with Crippen molar-refractivity contribution in [1.29, 1.82) is 0 Å². The van der Waals surface area contributed by atoms with E-state index < -0.39 is 0 Å². The van der Waals surface area contributed by atoms with Crippen LogP contribution in [0.3, 0.4) is 0 Å².